The van der Waals surface area contributed by atoms with Gasteiger partial charge >= 0.3 is 0 Å². The Hall–Kier alpha value is -0.580. The Balaban J connectivity index is 2.00. The molecule has 0 radical (unpaired) electrons. The van der Waals surface area contributed by atoms with E-state index in [4.69, 9.17) is 16.0 Å². The van der Waals surface area contributed by atoms with E-state index in [-0.39, 0.29) is 0 Å². The summed E-state index contributed by atoms with van der Waals surface area (Å²) < 4.78 is 6.56. The molecule has 1 N–H and O–H groups in total. The van der Waals surface area contributed by atoms with Gasteiger partial charge in [0.25, 0.3) is 0 Å². The van der Waals surface area contributed by atoms with Crippen LogP contribution in [0.1, 0.15) is 11.5 Å². The number of anilines is 1. The highest BCUT2D eigenvalue weighted by Gasteiger charge is 2.05. The molecule has 1 aromatic heterocycles. The fourth-order valence-electron chi connectivity index (χ4n) is 1.56. The summed E-state index contributed by atoms with van der Waals surface area (Å²) >= 11 is 11.2. The number of rotatable bonds is 5. The van der Waals surface area contributed by atoms with Crippen LogP contribution >= 0.6 is 39.3 Å². The molecule has 1 aromatic carbocycles. The number of furan rings is 1. The molecule has 18 heavy (non-hydrogen) atoms. The third-order valence-corrected chi connectivity index (χ3v) is 4.38. The highest BCUT2D eigenvalue weighted by atomic mass is 79.9. The van der Waals surface area contributed by atoms with Crippen molar-refractivity contribution >= 4 is 45.0 Å². The number of hydrogen-bond donors (Lipinski definition) is 1. The maximum absolute atomic E-state index is 6.03. The predicted molar refractivity (Wildman–Crippen MR) is 82.4 cm³/mol. The molecule has 2 aromatic rings. The molecule has 5 heteroatoms. The van der Waals surface area contributed by atoms with Crippen molar-refractivity contribution in [2.75, 3.05) is 11.6 Å². The van der Waals surface area contributed by atoms with Crippen molar-refractivity contribution in [2.24, 2.45) is 0 Å². The highest BCUT2D eigenvalue weighted by Crippen LogP contribution is 2.30. The van der Waals surface area contributed by atoms with E-state index in [1.165, 1.54) is 0 Å². The van der Waals surface area contributed by atoms with E-state index >= 15 is 0 Å². The van der Waals surface area contributed by atoms with E-state index < -0.39 is 0 Å². The zero-order chi connectivity index (χ0) is 13.0. The second kappa shape index (κ2) is 6.55. The van der Waals surface area contributed by atoms with Crippen molar-refractivity contribution in [3.63, 3.8) is 0 Å². The molecule has 0 amide bonds. The Kier molecular flexibility index (Phi) is 5.03. The minimum absolute atomic E-state index is 0.646. The topological polar surface area (TPSA) is 25.2 Å². The minimum atomic E-state index is 0.646. The number of benzene rings is 1. The van der Waals surface area contributed by atoms with Gasteiger partial charge in [0.05, 0.1) is 27.5 Å². The van der Waals surface area contributed by atoms with Gasteiger partial charge in [-0.25, -0.2) is 0 Å². The van der Waals surface area contributed by atoms with Crippen molar-refractivity contribution in [3.8, 4) is 0 Å². The summed E-state index contributed by atoms with van der Waals surface area (Å²) in [5.74, 6) is 2.83. The van der Waals surface area contributed by atoms with Crippen molar-refractivity contribution in [3.05, 3.63) is 51.3 Å². The van der Waals surface area contributed by atoms with E-state index in [1.807, 2.05) is 30.3 Å². The van der Waals surface area contributed by atoms with Gasteiger partial charge in [-0.15, -0.1) is 0 Å². The predicted octanol–water partition coefficient (Wildman–Crippen LogP) is 5.17. The average Bonchev–Trinajstić information content (AvgIpc) is 2.79. The average molecular weight is 347 g/mol. The van der Waals surface area contributed by atoms with Gasteiger partial charge < -0.3 is 9.73 Å². The number of halogens is 2. The van der Waals surface area contributed by atoms with Crippen LogP contribution in [0.4, 0.5) is 5.69 Å². The normalized spacial score (nSPS) is 10.6. The minimum Gasteiger partial charge on any atom is -0.463 e. The molecular formula is C13H13BrClNOS. The summed E-state index contributed by atoms with van der Waals surface area (Å²) in [5.41, 5.74) is 0.963. The SMILES string of the molecule is CSCc1ccc(CNc2cccc(Cl)c2Br)o1. The first-order valence-corrected chi connectivity index (χ1v) is 8.01. The van der Waals surface area contributed by atoms with Crippen LogP contribution in [0, 0.1) is 0 Å². The van der Waals surface area contributed by atoms with Gasteiger partial charge in [0, 0.05) is 0 Å². The van der Waals surface area contributed by atoms with Crippen LogP contribution in [0.5, 0.6) is 0 Å². The second-order valence-corrected chi connectivity index (χ2v) is 5.82. The summed E-state index contributed by atoms with van der Waals surface area (Å²) in [6.45, 7) is 0.646. The number of nitrogens with one attached hydrogen (secondary N) is 1. The van der Waals surface area contributed by atoms with Crippen LogP contribution in [0.25, 0.3) is 0 Å². The van der Waals surface area contributed by atoms with Gasteiger partial charge in [0.2, 0.25) is 0 Å². The molecule has 0 fully saturated rings. The molecule has 0 unspecified atom stereocenters. The molecule has 2 rings (SSSR count). The summed E-state index contributed by atoms with van der Waals surface area (Å²) in [6, 6.07) is 9.75. The van der Waals surface area contributed by atoms with Crippen LogP contribution in [-0.4, -0.2) is 6.26 Å². The standard InChI is InChI=1S/C13H13BrClNOS/c1-18-8-10-6-5-9(17-10)7-16-12-4-2-3-11(15)13(12)14/h2-6,16H,7-8H2,1H3. The fraction of sp³-hybridized carbons (Fsp3) is 0.231. The molecule has 0 saturated heterocycles. The third-order valence-electron chi connectivity index (χ3n) is 2.41. The maximum atomic E-state index is 6.03. The first-order chi connectivity index (χ1) is 8.70. The van der Waals surface area contributed by atoms with E-state index in [1.54, 1.807) is 11.8 Å². The first-order valence-electron chi connectivity index (χ1n) is 5.45. The van der Waals surface area contributed by atoms with Crippen molar-refractivity contribution < 1.29 is 4.42 Å². The summed E-state index contributed by atoms with van der Waals surface area (Å²) in [4.78, 5) is 0. The smallest absolute Gasteiger partial charge is 0.123 e. The zero-order valence-electron chi connectivity index (χ0n) is 9.87. The van der Waals surface area contributed by atoms with Crippen LogP contribution < -0.4 is 5.32 Å². The van der Waals surface area contributed by atoms with Crippen LogP contribution in [-0.2, 0) is 12.3 Å². The molecular weight excluding hydrogens is 334 g/mol. The molecule has 0 aliphatic carbocycles. The van der Waals surface area contributed by atoms with E-state index in [0.717, 1.165) is 27.4 Å². The Labute approximate surface area is 124 Å². The fourth-order valence-corrected chi connectivity index (χ4v) is 2.58. The van der Waals surface area contributed by atoms with Gasteiger partial charge in [-0.05, 0) is 46.5 Å². The molecule has 1 heterocycles. The summed E-state index contributed by atoms with van der Waals surface area (Å²) in [6.07, 6.45) is 2.06. The van der Waals surface area contributed by atoms with Gasteiger partial charge in [0.15, 0.2) is 0 Å². The lowest BCUT2D eigenvalue weighted by atomic mass is 10.3. The summed E-state index contributed by atoms with van der Waals surface area (Å²) in [5, 5.41) is 3.99. The van der Waals surface area contributed by atoms with Crippen molar-refractivity contribution in [2.45, 2.75) is 12.3 Å². The Bertz CT molecular complexity index is 529. The molecule has 2 nitrogen and oxygen atoms in total. The molecule has 0 saturated carbocycles. The largest absolute Gasteiger partial charge is 0.463 e. The lowest BCUT2D eigenvalue weighted by Crippen LogP contribution is -1.98. The van der Waals surface area contributed by atoms with E-state index in [0.29, 0.717) is 11.6 Å². The maximum Gasteiger partial charge on any atom is 0.123 e. The monoisotopic (exact) mass is 345 g/mol. The molecule has 0 aliphatic rings. The van der Waals surface area contributed by atoms with Crippen molar-refractivity contribution in [1.82, 2.24) is 0 Å². The van der Waals surface area contributed by atoms with Gasteiger partial charge in [-0.2, -0.15) is 11.8 Å². The Morgan fingerprint density at radius 2 is 2.06 bits per heavy atom. The van der Waals surface area contributed by atoms with Crippen molar-refractivity contribution in [1.29, 1.82) is 0 Å². The molecule has 96 valence electrons. The Morgan fingerprint density at radius 1 is 1.28 bits per heavy atom. The highest BCUT2D eigenvalue weighted by molar-refractivity contribution is 9.10. The Morgan fingerprint density at radius 3 is 2.83 bits per heavy atom. The molecule has 0 spiro atoms. The zero-order valence-corrected chi connectivity index (χ0v) is 13.0. The van der Waals surface area contributed by atoms with Crippen LogP contribution in [0.3, 0.4) is 0 Å². The first kappa shape index (κ1) is 13.8. The lowest BCUT2D eigenvalue weighted by molar-refractivity contribution is 0.487. The summed E-state index contributed by atoms with van der Waals surface area (Å²) in [7, 11) is 0. The van der Waals surface area contributed by atoms with Gasteiger partial charge in [0.1, 0.15) is 11.5 Å². The molecule has 0 aliphatic heterocycles. The van der Waals surface area contributed by atoms with E-state index in [2.05, 4.69) is 27.5 Å². The van der Waals surface area contributed by atoms with E-state index in [9.17, 15) is 0 Å². The number of thioether (sulfide) groups is 1. The quantitative estimate of drug-likeness (QED) is 0.808. The lowest BCUT2D eigenvalue weighted by Gasteiger charge is -2.07. The van der Waals surface area contributed by atoms with Crippen LogP contribution in [0.15, 0.2) is 39.2 Å². The second-order valence-electron chi connectivity index (χ2n) is 3.76. The molecule has 0 atom stereocenters. The molecule has 0 bridgehead atoms. The van der Waals surface area contributed by atoms with Gasteiger partial charge in [-0.3, -0.25) is 0 Å². The van der Waals surface area contributed by atoms with Gasteiger partial charge in [-0.1, -0.05) is 17.7 Å². The van der Waals surface area contributed by atoms with Crippen LogP contribution in [0.2, 0.25) is 5.02 Å². The third kappa shape index (κ3) is 3.46. The number of hydrogen-bond acceptors (Lipinski definition) is 3.